The second-order valence-electron chi connectivity index (χ2n) is 6.38. The van der Waals surface area contributed by atoms with Crippen LogP contribution in [0.5, 0.6) is 11.5 Å². The summed E-state index contributed by atoms with van der Waals surface area (Å²) in [6.07, 6.45) is 4.42. The molecule has 0 aliphatic heterocycles. The van der Waals surface area contributed by atoms with E-state index in [9.17, 15) is 4.79 Å². The number of carbonyl (C=O) groups is 1. The molecule has 1 heterocycles. The van der Waals surface area contributed by atoms with Crippen LogP contribution in [-0.2, 0) is 0 Å². The van der Waals surface area contributed by atoms with Crippen molar-refractivity contribution in [3.8, 4) is 11.5 Å². The highest BCUT2D eigenvalue weighted by atomic mass is 16.5. The van der Waals surface area contributed by atoms with Gasteiger partial charge in [-0.2, -0.15) is 0 Å². The maximum Gasteiger partial charge on any atom is 0.251 e. The lowest BCUT2D eigenvalue weighted by atomic mass is 10.1. The molecule has 0 saturated heterocycles. The van der Waals surface area contributed by atoms with E-state index >= 15 is 0 Å². The molecule has 0 saturated carbocycles. The third-order valence-electron chi connectivity index (χ3n) is 3.91. The Labute approximate surface area is 149 Å². The van der Waals surface area contributed by atoms with Gasteiger partial charge in [-0.1, -0.05) is 19.9 Å². The van der Waals surface area contributed by atoms with Crippen LogP contribution in [0.3, 0.4) is 0 Å². The lowest BCUT2D eigenvalue weighted by Crippen LogP contribution is -2.26. The van der Waals surface area contributed by atoms with E-state index in [0.29, 0.717) is 29.6 Å². The van der Waals surface area contributed by atoms with Gasteiger partial charge >= 0.3 is 0 Å². The van der Waals surface area contributed by atoms with Crippen LogP contribution >= 0.6 is 0 Å². The SMILES string of the molecule is COc1cc(C(=O)NC(C)c2cccnc2)ccc1OCCC(C)C. The molecular formula is C20H26N2O3. The number of ether oxygens (including phenoxy) is 2. The van der Waals surface area contributed by atoms with E-state index in [-0.39, 0.29) is 11.9 Å². The Hall–Kier alpha value is -2.56. The van der Waals surface area contributed by atoms with Crippen molar-refractivity contribution in [3.63, 3.8) is 0 Å². The van der Waals surface area contributed by atoms with Gasteiger partial charge in [0.05, 0.1) is 19.8 Å². The predicted molar refractivity (Wildman–Crippen MR) is 98.1 cm³/mol. The molecule has 1 unspecified atom stereocenters. The van der Waals surface area contributed by atoms with Gasteiger partial charge in [0.15, 0.2) is 11.5 Å². The van der Waals surface area contributed by atoms with Crippen LogP contribution in [-0.4, -0.2) is 24.6 Å². The van der Waals surface area contributed by atoms with Crippen molar-refractivity contribution >= 4 is 5.91 Å². The number of aromatic nitrogens is 1. The van der Waals surface area contributed by atoms with E-state index in [1.54, 1.807) is 37.7 Å². The van der Waals surface area contributed by atoms with E-state index in [1.807, 2.05) is 19.1 Å². The minimum Gasteiger partial charge on any atom is -0.493 e. The van der Waals surface area contributed by atoms with Crippen LogP contribution < -0.4 is 14.8 Å². The zero-order chi connectivity index (χ0) is 18.2. The Morgan fingerprint density at radius 2 is 2.00 bits per heavy atom. The summed E-state index contributed by atoms with van der Waals surface area (Å²) in [6, 6.07) is 8.89. The summed E-state index contributed by atoms with van der Waals surface area (Å²) in [4.78, 5) is 16.6. The smallest absolute Gasteiger partial charge is 0.251 e. The molecule has 1 atom stereocenters. The Kier molecular flexibility index (Phi) is 6.81. The highest BCUT2D eigenvalue weighted by Crippen LogP contribution is 2.28. The fourth-order valence-electron chi connectivity index (χ4n) is 2.33. The first-order valence-electron chi connectivity index (χ1n) is 8.53. The second kappa shape index (κ2) is 9.06. The van der Waals surface area contributed by atoms with Gasteiger partial charge in [0.2, 0.25) is 0 Å². The number of benzene rings is 1. The number of nitrogens with one attached hydrogen (secondary N) is 1. The zero-order valence-electron chi connectivity index (χ0n) is 15.3. The molecule has 1 N–H and O–H groups in total. The number of rotatable bonds is 8. The van der Waals surface area contributed by atoms with E-state index in [2.05, 4.69) is 24.1 Å². The van der Waals surface area contributed by atoms with Gasteiger partial charge in [-0.05, 0) is 49.1 Å². The standard InChI is InChI=1S/C20H26N2O3/c1-14(2)9-11-25-18-8-7-16(12-19(18)24-4)20(23)22-15(3)17-6-5-10-21-13-17/h5-8,10,12-15H,9,11H2,1-4H3,(H,22,23). The minimum atomic E-state index is -0.164. The largest absolute Gasteiger partial charge is 0.493 e. The van der Waals surface area contributed by atoms with Crippen molar-refractivity contribution in [1.82, 2.24) is 10.3 Å². The highest BCUT2D eigenvalue weighted by Gasteiger charge is 2.14. The van der Waals surface area contributed by atoms with Crippen LogP contribution in [0.4, 0.5) is 0 Å². The van der Waals surface area contributed by atoms with Crippen LogP contribution in [0, 0.1) is 5.92 Å². The number of methoxy groups -OCH3 is 1. The van der Waals surface area contributed by atoms with Gasteiger partial charge in [-0.25, -0.2) is 0 Å². The monoisotopic (exact) mass is 342 g/mol. The van der Waals surface area contributed by atoms with Crippen LogP contribution in [0.1, 0.15) is 49.2 Å². The summed E-state index contributed by atoms with van der Waals surface area (Å²) in [7, 11) is 1.57. The number of hydrogen-bond acceptors (Lipinski definition) is 4. The number of hydrogen-bond donors (Lipinski definition) is 1. The fourth-order valence-corrected chi connectivity index (χ4v) is 2.33. The Balaban J connectivity index is 2.04. The number of carbonyl (C=O) groups excluding carboxylic acids is 1. The third kappa shape index (κ3) is 5.48. The summed E-state index contributed by atoms with van der Waals surface area (Å²) in [5, 5.41) is 2.97. The molecule has 0 aliphatic carbocycles. The van der Waals surface area contributed by atoms with Crippen molar-refractivity contribution < 1.29 is 14.3 Å². The molecule has 0 spiro atoms. The minimum absolute atomic E-state index is 0.130. The van der Waals surface area contributed by atoms with Crippen molar-refractivity contribution in [2.45, 2.75) is 33.2 Å². The van der Waals surface area contributed by atoms with Gasteiger partial charge in [0, 0.05) is 18.0 Å². The molecule has 5 nitrogen and oxygen atoms in total. The molecule has 0 fully saturated rings. The summed E-state index contributed by atoms with van der Waals surface area (Å²) in [5.74, 6) is 1.62. The van der Waals surface area contributed by atoms with Gasteiger partial charge in [-0.3, -0.25) is 9.78 Å². The van der Waals surface area contributed by atoms with E-state index < -0.39 is 0 Å². The Morgan fingerprint density at radius 3 is 2.64 bits per heavy atom. The lowest BCUT2D eigenvalue weighted by molar-refractivity contribution is 0.0939. The van der Waals surface area contributed by atoms with Gasteiger partial charge in [0.1, 0.15) is 0 Å². The maximum atomic E-state index is 12.5. The van der Waals surface area contributed by atoms with Gasteiger partial charge in [0.25, 0.3) is 5.91 Å². The predicted octanol–water partition coefficient (Wildman–Crippen LogP) is 4.01. The average Bonchev–Trinajstić information content (AvgIpc) is 2.62. The van der Waals surface area contributed by atoms with E-state index in [0.717, 1.165) is 12.0 Å². The van der Waals surface area contributed by atoms with Crippen molar-refractivity contribution in [3.05, 3.63) is 53.9 Å². The van der Waals surface area contributed by atoms with Crippen molar-refractivity contribution in [2.24, 2.45) is 5.92 Å². The van der Waals surface area contributed by atoms with Crippen molar-refractivity contribution in [2.75, 3.05) is 13.7 Å². The highest BCUT2D eigenvalue weighted by molar-refractivity contribution is 5.95. The van der Waals surface area contributed by atoms with E-state index in [1.165, 1.54) is 0 Å². The first-order chi connectivity index (χ1) is 12.0. The maximum absolute atomic E-state index is 12.5. The molecule has 0 aliphatic rings. The first-order valence-corrected chi connectivity index (χ1v) is 8.53. The summed E-state index contributed by atoms with van der Waals surface area (Å²) >= 11 is 0. The molecule has 0 radical (unpaired) electrons. The molecule has 2 rings (SSSR count). The van der Waals surface area contributed by atoms with Gasteiger partial charge in [-0.15, -0.1) is 0 Å². The normalized spacial score (nSPS) is 11.9. The van der Waals surface area contributed by atoms with Crippen LogP contribution in [0.2, 0.25) is 0 Å². The Bertz CT molecular complexity index is 687. The first kappa shape index (κ1) is 18.8. The molecule has 1 aromatic heterocycles. The average molecular weight is 342 g/mol. The fraction of sp³-hybridized carbons (Fsp3) is 0.400. The molecule has 25 heavy (non-hydrogen) atoms. The molecule has 1 amide bonds. The van der Waals surface area contributed by atoms with Crippen LogP contribution in [0.15, 0.2) is 42.7 Å². The second-order valence-corrected chi connectivity index (χ2v) is 6.38. The zero-order valence-corrected chi connectivity index (χ0v) is 15.3. The number of pyridine rings is 1. The quantitative estimate of drug-likeness (QED) is 0.787. The molecule has 0 bridgehead atoms. The topological polar surface area (TPSA) is 60.5 Å². The molecule has 2 aromatic rings. The lowest BCUT2D eigenvalue weighted by Gasteiger charge is -2.16. The van der Waals surface area contributed by atoms with Crippen LogP contribution in [0.25, 0.3) is 0 Å². The molecule has 1 aromatic carbocycles. The van der Waals surface area contributed by atoms with E-state index in [4.69, 9.17) is 9.47 Å². The molecular weight excluding hydrogens is 316 g/mol. The Morgan fingerprint density at radius 1 is 1.20 bits per heavy atom. The molecule has 134 valence electrons. The molecule has 5 heteroatoms. The number of nitrogens with zero attached hydrogens (tertiary/aromatic N) is 1. The number of amides is 1. The summed E-state index contributed by atoms with van der Waals surface area (Å²) in [6.45, 7) is 6.85. The summed E-state index contributed by atoms with van der Waals surface area (Å²) < 4.78 is 11.1. The third-order valence-corrected chi connectivity index (χ3v) is 3.91. The van der Waals surface area contributed by atoms with Crippen molar-refractivity contribution in [1.29, 1.82) is 0 Å². The summed E-state index contributed by atoms with van der Waals surface area (Å²) in [5.41, 5.74) is 1.49. The van der Waals surface area contributed by atoms with Gasteiger partial charge < -0.3 is 14.8 Å².